The first-order valence-corrected chi connectivity index (χ1v) is 5.41. The van der Waals surface area contributed by atoms with Gasteiger partial charge in [-0.3, -0.25) is 4.79 Å². The van der Waals surface area contributed by atoms with E-state index in [0.29, 0.717) is 6.61 Å². The number of methoxy groups -OCH3 is 2. The van der Waals surface area contributed by atoms with Crippen LogP contribution in [0.2, 0.25) is 0 Å². The molecule has 0 aromatic heterocycles. The van der Waals surface area contributed by atoms with E-state index in [2.05, 4.69) is 5.32 Å². The van der Waals surface area contributed by atoms with Crippen LogP contribution in [0.15, 0.2) is 18.2 Å². The normalized spacial score (nSPS) is 12.1. The van der Waals surface area contributed by atoms with E-state index in [-0.39, 0.29) is 29.7 Å². The first kappa shape index (κ1) is 14.3. The molecule has 0 heterocycles. The Kier molecular flexibility index (Phi) is 5.41. The fourth-order valence-corrected chi connectivity index (χ4v) is 1.45. The van der Waals surface area contributed by atoms with Crippen LogP contribution in [-0.2, 0) is 9.47 Å². The minimum Gasteiger partial charge on any atom is -0.507 e. The maximum Gasteiger partial charge on any atom is 0.258 e. The summed E-state index contributed by atoms with van der Waals surface area (Å²) in [5, 5.41) is 21.6. The number of rotatable bonds is 6. The van der Waals surface area contributed by atoms with Gasteiger partial charge >= 0.3 is 0 Å². The van der Waals surface area contributed by atoms with Gasteiger partial charge in [0.1, 0.15) is 17.1 Å². The van der Waals surface area contributed by atoms with E-state index in [1.54, 1.807) is 0 Å². The Hall–Kier alpha value is -1.79. The molecule has 0 radical (unpaired) electrons. The number of ether oxygens (including phenoxy) is 2. The third-order valence-corrected chi connectivity index (χ3v) is 2.42. The van der Waals surface area contributed by atoms with Crippen molar-refractivity contribution in [3.05, 3.63) is 23.8 Å². The van der Waals surface area contributed by atoms with Gasteiger partial charge < -0.3 is 25.0 Å². The smallest absolute Gasteiger partial charge is 0.258 e. The van der Waals surface area contributed by atoms with E-state index in [9.17, 15) is 15.0 Å². The van der Waals surface area contributed by atoms with Gasteiger partial charge in [0.2, 0.25) is 0 Å². The van der Waals surface area contributed by atoms with Gasteiger partial charge in [0.25, 0.3) is 5.91 Å². The fourth-order valence-electron chi connectivity index (χ4n) is 1.45. The molecule has 1 amide bonds. The lowest BCUT2D eigenvalue weighted by molar-refractivity contribution is 0.0285. The van der Waals surface area contributed by atoms with Crippen LogP contribution in [0.1, 0.15) is 10.4 Å². The summed E-state index contributed by atoms with van der Waals surface area (Å²) in [5.74, 6) is -1.11. The summed E-state index contributed by atoms with van der Waals surface area (Å²) in [5.41, 5.74) is -0.148. The minimum atomic E-state index is -0.566. The molecule has 0 saturated carbocycles. The van der Waals surface area contributed by atoms with Crippen molar-refractivity contribution >= 4 is 5.91 Å². The molecule has 1 atom stereocenters. The maximum absolute atomic E-state index is 11.8. The predicted octanol–water partition coefficient (Wildman–Crippen LogP) is 0.489. The van der Waals surface area contributed by atoms with Crippen molar-refractivity contribution in [3.8, 4) is 11.5 Å². The Morgan fingerprint density at radius 3 is 2.44 bits per heavy atom. The number of nitrogens with one attached hydrogen (secondary N) is 1. The molecule has 0 aliphatic rings. The molecule has 0 fully saturated rings. The highest BCUT2D eigenvalue weighted by Crippen LogP contribution is 2.25. The molecule has 0 aliphatic heterocycles. The summed E-state index contributed by atoms with van der Waals surface area (Å²) >= 11 is 0. The van der Waals surface area contributed by atoms with E-state index >= 15 is 0 Å². The third-order valence-electron chi connectivity index (χ3n) is 2.42. The van der Waals surface area contributed by atoms with Gasteiger partial charge in [0.05, 0.1) is 12.7 Å². The Balaban J connectivity index is 2.65. The maximum atomic E-state index is 11.8. The van der Waals surface area contributed by atoms with Crippen LogP contribution < -0.4 is 5.32 Å². The van der Waals surface area contributed by atoms with Gasteiger partial charge in [-0.25, -0.2) is 0 Å². The molecular formula is C12H17NO5. The Morgan fingerprint density at radius 1 is 1.33 bits per heavy atom. The van der Waals surface area contributed by atoms with Crippen molar-refractivity contribution < 1.29 is 24.5 Å². The summed E-state index contributed by atoms with van der Waals surface area (Å²) in [6, 6.07) is 4.11. The zero-order valence-electron chi connectivity index (χ0n) is 10.3. The quantitative estimate of drug-likeness (QED) is 0.688. The molecule has 0 spiro atoms. The van der Waals surface area contributed by atoms with Crippen LogP contribution in [0, 0.1) is 0 Å². The van der Waals surface area contributed by atoms with E-state index < -0.39 is 5.91 Å². The SMILES string of the molecule is COCC(CNC(=O)c1c(O)cccc1O)OC. The molecular weight excluding hydrogens is 238 g/mol. The molecule has 18 heavy (non-hydrogen) atoms. The molecule has 0 aliphatic carbocycles. The molecule has 1 aromatic carbocycles. The molecule has 0 saturated heterocycles. The first-order valence-electron chi connectivity index (χ1n) is 5.41. The largest absolute Gasteiger partial charge is 0.507 e. The summed E-state index contributed by atoms with van der Waals surface area (Å²) in [7, 11) is 3.04. The highest BCUT2D eigenvalue weighted by atomic mass is 16.5. The Labute approximate surface area is 105 Å². The van der Waals surface area contributed by atoms with Crippen LogP contribution in [0.4, 0.5) is 0 Å². The van der Waals surface area contributed by atoms with Crippen LogP contribution in [0.3, 0.4) is 0 Å². The van der Waals surface area contributed by atoms with Crippen LogP contribution >= 0.6 is 0 Å². The van der Waals surface area contributed by atoms with Crippen LogP contribution in [-0.4, -0.2) is 49.6 Å². The second kappa shape index (κ2) is 6.83. The van der Waals surface area contributed by atoms with Crippen molar-refractivity contribution in [2.75, 3.05) is 27.4 Å². The van der Waals surface area contributed by atoms with Gasteiger partial charge in [0.15, 0.2) is 0 Å². The van der Waals surface area contributed by atoms with Gasteiger partial charge in [-0.2, -0.15) is 0 Å². The lowest BCUT2D eigenvalue weighted by Crippen LogP contribution is -2.35. The number of amides is 1. The standard InChI is InChI=1S/C12H17NO5/c1-17-7-8(18-2)6-13-12(16)11-9(14)4-3-5-10(11)15/h3-5,8,14-15H,6-7H2,1-2H3,(H,13,16). The number of carbonyl (C=O) groups is 1. The van der Waals surface area contributed by atoms with E-state index in [1.165, 1.54) is 32.4 Å². The highest BCUT2D eigenvalue weighted by Gasteiger charge is 2.17. The van der Waals surface area contributed by atoms with Crippen molar-refractivity contribution in [2.45, 2.75) is 6.10 Å². The summed E-state index contributed by atoms with van der Waals surface area (Å²) in [6.07, 6.45) is -0.285. The second-order valence-electron chi connectivity index (χ2n) is 3.69. The van der Waals surface area contributed by atoms with Gasteiger partial charge in [-0.05, 0) is 12.1 Å². The number of benzene rings is 1. The number of phenolic OH excluding ortho intramolecular Hbond substituents is 2. The highest BCUT2D eigenvalue weighted by molar-refractivity contribution is 5.99. The van der Waals surface area contributed by atoms with Crippen LogP contribution in [0.25, 0.3) is 0 Å². The number of hydrogen-bond donors (Lipinski definition) is 3. The van der Waals surface area contributed by atoms with Gasteiger partial charge in [-0.15, -0.1) is 0 Å². The predicted molar refractivity (Wildman–Crippen MR) is 64.8 cm³/mol. The lowest BCUT2D eigenvalue weighted by atomic mass is 10.1. The molecule has 100 valence electrons. The molecule has 6 heteroatoms. The van der Waals surface area contributed by atoms with Crippen molar-refractivity contribution in [1.82, 2.24) is 5.32 Å². The average Bonchev–Trinajstić information content (AvgIpc) is 2.34. The van der Waals surface area contributed by atoms with E-state index in [0.717, 1.165) is 0 Å². The molecule has 1 aromatic rings. The zero-order chi connectivity index (χ0) is 13.5. The summed E-state index contributed by atoms with van der Waals surface area (Å²) in [4.78, 5) is 11.8. The second-order valence-corrected chi connectivity index (χ2v) is 3.69. The molecule has 6 nitrogen and oxygen atoms in total. The Bertz CT molecular complexity index is 387. The topological polar surface area (TPSA) is 88.0 Å². The monoisotopic (exact) mass is 255 g/mol. The zero-order valence-corrected chi connectivity index (χ0v) is 10.3. The van der Waals surface area contributed by atoms with Gasteiger partial charge in [0, 0.05) is 20.8 Å². The van der Waals surface area contributed by atoms with E-state index in [1.807, 2.05) is 0 Å². The number of carbonyl (C=O) groups excluding carboxylic acids is 1. The van der Waals surface area contributed by atoms with Gasteiger partial charge in [-0.1, -0.05) is 6.07 Å². The minimum absolute atomic E-state index is 0.148. The fraction of sp³-hybridized carbons (Fsp3) is 0.417. The third kappa shape index (κ3) is 3.61. The summed E-state index contributed by atoms with van der Waals surface area (Å²) in [6.45, 7) is 0.556. The lowest BCUT2D eigenvalue weighted by Gasteiger charge is -2.15. The number of phenols is 2. The number of aromatic hydroxyl groups is 2. The molecule has 1 rings (SSSR count). The molecule has 3 N–H and O–H groups in total. The van der Waals surface area contributed by atoms with Crippen molar-refractivity contribution in [1.29, 1.82) is 0 Å². The molecule has 0 bridgehead atoms. The first-order chi connectivity index (χ1) is 8.60. The number of hydrogen-bond acceptors (Lipinski definition) is 5. The Morgan fingerprint density at radius 2 is 1.94 bits per heavy atom. The van der Waals surface area contributed by atoms with Crippen molar-refractivity contribution in [3.63, 3.8) is 0 Å². The average molecular weight is 255 g/mol. The van der Waals surface area contributed by atoms with Crippen LogP contribution in [0.5, 0.6) is 11.5 Å². The summed E-state index contributed by atoms with van der Waals surface area (Å²) < 4.78 is 9.98. The molecule has 1 unspecified atom stereocenters. The van der Waals surface area contributed by atoms with E-state index in [4.69, 9.17) is 9.47 Å². The van der Waals surface area contributed by atoms with Crippen molar-refractivity contribution in [2.24, 2.45) is 0 Å².